The summed E-state index contributed by atoms with van der Waals surface area (Å²) in [4.78, 5) is 33.8. The van der Waals surface area contributed by atoms with Crippen LogP contribution in [0.25, 0.3) is 22.4 Å². The Kier molecular flexibility index (Phi) is 3.43. The van der Waals surface area contributed by atoms with Crippen molar-refractivity contribution in [3.05, 3.63) is 77.6 Å². The van der Waals surface area contributed by atoms with Gasteiger partial charge in [0, 0.05) is 22.9 Å². The molecule has 122 valence electrons. The van der Waals surface area contributed by atoms with Crippen molar-refractivity contribution in [2.75, 3.05) is 0 Å². The van der Waals surface area contributed by atoms with Gasteiger partial charge in [-0.15, -0.1) is 0 Å². The van der Waals surface area contributed by atoms with Crippen molar-refractivity contribution in [3.63, 3.8) is 0 Å². The van der Waals surface area contributed by atoms with Crippen LogP contribution >= 0.6 is 0 Å². The van der Waals surface area contributed by atoms with Crippen LogP contribution in [0.15, 0.2) is 60.8 Å². The number of hydrogen-bond donors (Lipinski definition) is 3. The van der Waals surface area contributed by atoms with E-state index >= 15 is 0 Å². The minimum Gasteiger partial charge on any atom is -0.477 e. The molecule has 4 rings (SSSR count). The summed E-state index contributed by atoms with van der Waals surface area (Å²) in [6, 6.07) is 15.8. The van der Waals surface area contributed by atoms with Gasteiger partial charge in [-0.25, -0.2) is 9.78 Å². The van der Waals surface area contributed by atoms with Crippen molar-refractivity contribution < 1.29 is 14.7 Å². The van der Waals surface area contributed by atoms with Gasteiger partial charge in [-0.2, -0.15) is 0 Å². The molecule has 3 N–H and O–H groups in total. The van der Waals surface area contributed by atoms with E-state index in [-0.39, 0.29) is 11.5 Å². The zero-order chi connectivity index (χ0) is 17.4. The zero-order valence-corrected chi connectivity index (χ0v) is 13.0. The molecule has 0 aliphatic heterocycles. The first-order valence-electron chi connectivity index (χ1n) is 7.63. The molecule has 0 aliphatic rings. The Labute approximate surface area is 142 Å². The fourth-order valence-electron chi connectivity index (χ4n) is 2.70. The van der Waals surface area contributed by atoms with Crippen LogP contribution in [0.3, 0.4) is 0 Å². The number of nitrogens with zero attached hydrogens (tertiary/aromatic N) is 1. The number of ketones is 1. The van der Waals surface area contributed by atoms with E-state index in [0.717, 1.165) is 5.52 Å². The number of aromatic carboxylic acids is 1. The van der Waals surface area contributed by atoms with Crippen molar-refractivity contribution in [2.24, 2.45) is 0 Å². The summed E-state index contributed by atoms with van der Waals surface area (Å²) in [7, 11) is 0. The SMILES string of the molecule is O=C(c1ccccc1)c1ccc2nc(-c3c[nH]c(C(=O)O)c3)[nH]c2c1. The highest BCUT2D eigenvalue weighted by Crippen LogP contribution is 2.23. The number of carbonyl (C=O) groups excluding carboxylic acids is 1. The molecule has 25 heavy (non-hydrogen) atoms. The zero-order valence-electron chi connectivity index (χ0n) is 13.0. The van der Waals surface area contributed by atoms with Crippen LogP contribution in [-0.4, -0.2) is 31.8 Å². The monoisotopic (exact) mass is 331 g/mol. The predicted molar refractivity (Wildman–Crippen MR) is 92.7 cm³/mol. The third-order valence-corrected chi connectivity index (χ3v) is 3.97. The lowest BCUT2D eigenvalue weighted by Crippen LogP contribution is -2.00. The lowest BCUT2D eigenvalue weighted by molar-refractivity contribution is 0.0691. The molecule has 0 atom stereocenters. The number of carboxylic acids is 1. The number of hydrogen-bond acceptors (Lipinski definition) is 3. The van der Waals surface area contributed by atoms with E-state index in [1.165, 1.54) is 6.07 Å². The summed E-state index contributed by atoms with van der Waals surface area (Å²) in [5.41, 5.74) is 3.35. The molecule has 2 aromatic carbocycles. The fraction of sp³-hybridized carbons (Fsp3) is 0. The van der Waals surface area contributed by atoms with Crippen LogP contribution in [0.2, 0.25) is 0 Å². The molecule has 2 aromatic heterocycles. The number of benzene rings is 2. The molecular formula is C19H13N3O3. The van der Waals surface area contributed by atoms with Gasteiger partial charge in [-0.3, -0.25) is 4.79 Å². The summed E-state index contributed by atoms with van der Waals surface area (Å²) >= 11 is 0. The highest BCUT2D eigenvalue weighted by Gasteiger charge is 2.13. The van der Waals surface area contributed by atoms with Crippen molar-refractivity contribution in [3.8, 4) is 11.4 Å². The van der Waals surface area contributed by atoms with Gasteiger partial charge in [0.05, 0.1) is 11.0 Å². The fourth-order valence-corrected chi connectivity index (χ4v) is 2.70. The number of rotatable bonds is 4. The van der Waals surface area contributed by atoms with Crippen molar-refractivity contribution >= 4 is 22.8 Å². The van der Waals surface area contributed by atoms with E-state index in [1.807, 2.05) is 18.2 Å². The molecule has 0 radical (unpaired) electrons. The van der Waals surface area contributed by atoms with Crippen LogP contribution in [0.1, 0.15) is 26.4 Å². The molecule has 0 bridgehead atoms. The maximum Gasteiger partial charge on any atom is 0.352 e. The number of carboxylic acid groups (broad SMARTS) is 1. The lowest BCUT2D eigenvalue weighted by atomic mass is 10.0. The molecule has 0 unspecified atom stereocenters. The van der Waals surface area contributed by atoms with Gasteiger partial charge in [0.1, 0.15) is 11.5 Å². The van der Waals surface area contributed by atoms with Gasteiger partial charge < -0.3 is 15.1 Å². The predicted octanol–water partition coefficient (Wildman–Crippen LogP) is 3.49. The second-order valence-electron chi connectivity index (χ2n) is 5.62. The van der Waals surface area contributed by atoms with E-state index in [9.17, 15) is 9.59 Å². The Hall–Kier alpha value is -3.67. The highest BCUT2D eigenvalue weighted by atomic mass is 16.4. The normalized spacial score (nSPS) is 10.9. The molecule has 0 aliphatic carbocycles. The standard InChI is InChI=1S/C19H13N3O3/c23-17(11-4-2-1-3-5-11)12-6-7-14-15(8-12)22-18(21-14)13-9-16(19(24)25)20-10-13/h1-10,20H,(H,21,22)(H,24,25). The van der Waals surface area contributed by atoms with E-state index < -0.39 is 5.97 Å². The third-order valence-electron chi connectivity index (χ3n) is 3.97. The Bertz CT molecular complexity index is 1090. The largest absolute Gasteiger partial charge is 0.477 e. The summed E-state index contributed by atoms with van der Waals surface area (Å²) in [6.07, 6.45) is 1.58. The first kappa shape index (κ1) is 14.9. The van der Waals surface area contributed by atoms with Crippen LogP contribution in [0, 0.1) is 0 Å². The van der Waals surface area contributed by atoms with Crippen molar-refractivity contribution in [1.29, 1.82) is 0 Å². The highest BCUT2D eigenvalue weighted by molar-refractivity contribution is 6.10. The van der Waals surface area contributed by atoms with E-state index in [2.05, 4.69) is 15.0 Å². The average Bonchev–Trinajstić information content (AvgIpc) is 3.28. The second kappa shape index (κ2) is 5.76. The molecule has 0 spiro atoms. The lowest BCUT2D eigenvalue weighted by Gasteiger charge is -2.00. The van der Waals surface area contributed by atoms with Crippen molar-refractivity contribution in [1.82, 2.24) is 15.0 Å². The topological polar surface area (TPSA) is 98.8 Å². The Morgan fingerprint density at radius 3 is 2.48 bits per heavy atom. The maximum absolute atomic E-state index is 12.5. The number of aromatic nitrogens is 3. The minimum atomic E-state index is -1.03. The van der Waals surface area contributed by atoms with Crippen LogP contribution < -0.4 is 0 Å². The Morgan fingerprint density at radius 1 is 0.960 bits per heavy atom. The van der Waals surface area contributed by atoms with Crippen LogP contribution in [-0.2, 0) is 0 Å². The third kappa shape index (κ3) is 2.70. The van der Waals surface area contributed by atoms with Crippen LogP contribution in [0.5, 0.6) is 0 Å². The van der Waals surface area contributed by atoms with Gasteiger partial charge in [0.2, 0.25) is 0 Å². The van der Waals surface area contributed by atoms with E-state index in [0.29, 0.717) is 28.0 Å². The van der Waals surface area contributed by atoms with E-state index in [4.69, 9.17) is 5.11 Å². The quantitative estimate of drug-likeness (QED) is 0.498. The first-order chi connectivity index (χ1) is 12.1. The Balaban J connectivity index is 1.72. The average molecular weight is 331 g/mol. The number of nitrogens with one attached hydrogen (secondary N) is 2. The first-order valence-corrected chi connectivity index (χ1v) is 7.63. The molecule has 6 heteroatoms. The molecule has 6 nitrogen and oxygen atoms in total. The van der Waals surface area contributed by atoms with Gasteiger partial charge in [-0.05, 0) is 24.3 Å². The number of fused-ring (bicyclic) bond motifs is 1. The molecule has 2 heterocycles. The summed E-state index contributed by atoms with van der Waals surface area (Å²) in [5.74, 6) is -0.547. The number of carbonyl (C=O) groups is 2. The van der Waals surface area contributed by atoms with Crippen LogP contribution in [0.4, 0.5) is 0 Å². The summed E-state index contributed by atoms with van der Waals surface area (Å²) in [5, 5.41) is 8.99. The number of H-pyrrole nitrogens is 2. The Morgan fingerprint density at radius 2 is 1.76 bits per heavy atom. The van der Waals surface area contributed by atoms with Gasteiger partial charge in [-0.1, -0.05) is 30.3 Å². The molecule has 0 saturated carbocycles. The molecule has 0 amide bonds. The maximum atomic E-state index is 12.5. The van der Waals surface area contributed by atoms with Gasteiger partial charge >= 0.3 is 5.97 Å². The van der Waals surface area contributed by atoms with Crippen molar-refractivity contribution in [2.45, 2.75) is 0 Å². The molecule has 0 fully saturated rings. The minimum absolute atomic E-state index is 0.0616. The smallest absolute Gasteiger partial charge is 0.352 e. The van der Waals surface area contributed by atoms with Gasteiger partial charge in [0.25, 0.3) is 0 Å². The van der Waals surface area contributed by atoms with Gasteiger partial charge in [0.15, 0.2) is 5.78 Å². The summed E-state index contributed by atoms with van der Waals surface area (Å²) < 4.78 is 0. The molecule has 4 aromatic rings. The number of aromatic amines is 2. The second-order valence-corrected chi connectivity index (χ2v) is 5.62. The molecular weight excluding hydrogens is 318 g/mol. The molecule has 0 saturated heterocycles. The summed E-state index contributed by atoms with van der Waals surface area (Å²) in [6.45, 7) is 0. The number of imidazole rings is 1. The van der Waals surface area contributed by atoms with E-state index in [1.54, 1.807) is 36.5 Å².